The van der Waals surface area contributed by atoms with E-state index in [1.807, 2.05) is 7.05 Å². The lowest BCUT2D eigenvalue weighted by molar-refractivity contribution is 0.0118. The molecule has 0 radical (unpaired) electrons. The average Bonchev–Trinajstić information content (AvgIpc) is 2.28. The van der Waals surface area contributed by atoms with E-state index in [0.29, 0.717) is 6.04 Å². The Balaban J connectivity index is 2.77. The van der Waals surface area contributed by atoms with Gasteiger partial charge >= 0.3 is 0 Å². The first-order valence-electron chi connectivity index (χ1n) is 6.06. The van der Waals surface area contributed by atoms with Gasteiger partial charge < -0.3 is 10.1 Å². The van der Waals surface area contributed by atoms with E-state index in [1.54, 1.807) is 7.11 Å². The maximum Gasteiger partial charge on any atom is 0.0623 e. The molecule has 0 heterocycles. The van der Waals surface area contributed by atoms with Crippen LogP contribution in [0.2, 0.25) is 0 Å². The Labute approximate surface area is 127 Å². The third-order valence-electron chi connectivity index (χ3n) is 3.22. The molecule has 1 rings (SSSR count). The number of rotatable bonds is 6. The topological polar surface area (TPSA) is 21.3 Å². The SMILES string of the molecule is CNC(CCC(C)(C)OC)c1cc(Br)cc(Br)c1. The molecule has 2 nitrogen and oxygen atoms in total. The summed E-state index contributed by atoms with van der Waals surface area (Å²) in [6.07, 6.45) is 2.05. The van der Waals surface area contributed by atoms with Gasteiger partial charge in [-0.05, 0) is 57.5 Å². The number of ether oxygens (including phenoxy) is 1. The summed E-state index contributed by atoms with van der Waals surface area (Å²) < 4.78 is 7.66. The van der Waals surface area contributed by atoms with Crippen LogP contribution in [-0.2, 0) is 4.74 Å². The number of nitrogens with one attached hydrogen (secondary N) is 1. The molecule has 0 amide bonds. The lowest BCUT2D eigenvalue weighted by Gasteiger charge is -2.26. The molecule has 0 bridgehead atoms. The molecular formula is C14H21Br2NO. The first-order chi connectivity index (χ1) is 8.38. The van der Waals surface area contributed by atoms with Crippen LogP contribution in [0.1, 0.15) is 38.3 Å². The Morgan fingerprint density at radius 3 is 2.22 bits per heavy atom. The van der Waals surface area contributed by atoms with Crippen molar-refractivity contribution < 1.29 is 4.74 Å². The molecule has 1 N–H and O–H groups in total. The smallest absolute Gasteiger partial charge is 0.0623 e. The van der Waals surface area contributed by atoms with Gasteiger partial charge in [-0.2, -0.15) is 0 Å². The molecule has 0 saturated carbocycles. The summed E-state index contributed by atoms with van der Waals surface area (Å²) in [6, 6.07) is 6.71. The zero-order chi connectivity index (χ0) is 13.8. The second kappa shape index (κ2) is 7.04. The Morgan fingerprint density at radius 1 is 1.22 bits per heavy atom. The maximum absolute atomic E-state index is 5.47. The Morgan fingerprint density at radius 2 is 1.78 bits per heavy atom. The molecule has 0 fully saturated rings. The van der Waals surface area contributed by atoms with E-state index >= 15 is 0 Å². The summed E-state index contributed by atoms with van der Waals surface area (Å²) in [5.41, 5.74) is 1.21. The predicted molar refractivity (Wildman–Crippen MR) is 84.0 cm³/mol. The molecule has 0 aliphatic carbocycles. The second-order valence-corrected chi connectivity index (χ2v) is 6.88. The van der Waals surface area contributed by atoms with E-state index in [4.69, 9.17) is 4.74 Å². The van der Waals surface area contributed by atoms with E-state index in [9.17, 15) is 0 Å². The minimum Gasteiger partial charge on any atom is -0.379 e. The van der Waals surface area contributed by atoms with Crippen LogP contribution in [-0.4, -0.2) is 19.8 Å². The van der Waals surface area contributed by atoms with Crippen molar-refractivity contribution in [2.75, 3.05) is 14.2 Å². The average molecular weight is 379 g/mol. The minimum absolute atomic E-state index is 0.0711. The van der Waals surface area contributed by atoms with Gasteiger partial charge in [0.1, 0.15) is 0 Å². The third-order valence-corrected chi connectivity index (χ3v) is 4.14. The summed E-state index contributed by atoms with van der Waals surface area (Å²) >= 11 is 7.06. The molecule has 1 unspecified atom stereocenters. The van der Waals surface area contributed by atoms with Gasteiger partial charge in [-0.3, -0.25) is 0 Å². The fourth-order valence-electron chi connectivity index (χ4n) is 1.85. The van der Waals surface area contributed by atoms with E-state index in [0.717, 1.165) is 21.8 Å². The van der Waals surface area contributed by atoms with Gasteiger partial charge in [0.25, 0.3) is 0 Å². The van der Waals surface area contributed by atoms with Gasteiger partial charge in [0.05, 0.1) is 5.60 Å². The highest BCUT2D eigenvalue weighted by molar-refractivity contribution is 9.11. The number of halogens is 2. The van der Waals surface area contributed by atoms with Crippen molar-refractivity contribution in [1.82, 2.24) is 5.32 Å². The Bertz CT molecular complexity index is 373. The summed E-state index contributed by atoms with van der Waals surface area (Å²) in [6.45, 7) is 4.24. The van der Waals surface area contributed by atoms with Crippen molar-refractivity contribution in [3.63, 3.8) is 0 Å². The largest absolute Gasteiger partial charge is 0.379 e. The standard InChI is InChI=1S/C14H21Br2NO/c1-14(2,18-4)6-5-13(17-3)10-7-11(15)9-12(16)8-10/h7-9,13,17H,5-6H2,1-4H3. The monoisotopic (exact) mass is 377 g/mol. The van der Waals surface area contributed by atoms with E-state index in [-0.39, 0.29) is 5.60 Å². The van der Waals surface area contributed by atoms with Crippen molar-refractivity contribution in [3.05, 3.63) is 32.7 Å². The van der Waals surface area contributed by atoms with E-state index in [1.165, 1.54) is 5.56 Å². The zero-order valence-corrected chi connectivity index (χ0v) is 14.6. The van der Waals surface area contributed by atoms with Gasteiger partial charge in [0.2, 0.25) is 0 Å². The van der Waals surface area contributed by atoms with Crippen molar-refractivity contribution >= 4 is 31.9 Å². The molecule has 0 spiro atoms. The van der Waals surface area contributed by atoms with Crippen LogP contribution in [0.5, 0.6) is 0 Å². The van der Waals surface area contributed by atoms with Crippen molar-refractivity contribution in [1.29, 1.82) is 0 Å². The predicted octanol–water partition coefficient (Wildman–Crippen LogP) is 4.68. The first-order valence-corrected chi connectivity index (χ1v) is 7.65. The Kier molecular flexibility index (Phi) is 6.31. The van der Waals surface area contributed by atoms with Gasteiger partial charge in [0, 0.05) is 22.1 Å². The van der Waals surface area contributed by atoms with Gasteiger partial charge in [-0.1, -0.05) is 31.9 Å². The molecule has 1 atom stereocenters. The maximum atomic E-state index is 5.47. The quantitative estimate of drug-likeness (QED) is 0.775. The first kappa shape index (κ1) is 16.2. The van der Waals surface area contributed by atoms with Crippen molar-refractivity contribution in [2.24, 2.45) is 0 Å². The summed E-state index contributed by atoms with van der Waals surface area (Å²) in [5, 5.41) is 3.37. The van der Waals surface area contributed by atoms with Crippen LogP contribution in [0.25, 0.3) is 0 Å². The lowest BCUT2D eigenvalue weighted by Crippen LogP contribution is -2.26. The molecule has 1 aromatic carbocycles. The van der Waals surface area contributed by atoms with Gasteiger partial charge in [-0.15, -0.1) is 0 Å². The fourth-order valence-corrected chi connectivity index (χ4v) is 3.18. The molecule has 1 aromatic rings. The van der Waals surface area contributed by atoms with E-state index < -0.39 is 0 Å². The summed E-state index contributed by atoms with van der Waals surface area (Å²) in [5.74, 6) is 0. The molecule has 0 saturated heterocycles. The highest BCUT2D eigenvalue weighted by Crippen LogP contribution is 2.28. The zero-order valence-electron chi connectivity index (χ0n) is 11.4. The van der Waals surface area contributed by atoms with Gasteiger partial charge in [0.15, 0.2) is 0 Å². The summed E-state index contributed by atoms with van der Waals surface area (Å²) in [4.78, 5) is 0. The molecule has 0 aromatic heterocycles. The number of hydrogen-bond acceptors (Lipinski definition) is 2. The van der Waals surface area contributed by atoms with Crippen LogP contribution in [0.3, 0.4) is 0 Å². The molecule has 0 aliphatic heterocycles. The Hall–Kier alpha value is 0.1000. The molecule has 0 aliphatic rings. The number of methoxy groups -OCH3 is 1. The molecule has 18 heavy (non-hydrogen) atoms. The second-order valence-electron chi connectivity index (χ2n) is 5.05. The van der Waals surface area contributed by atoms with E-state index in [2.05, 4.69) is 69.2 Å². The molecule has 4 heteroatoms. The third kappa shape index (κ3) is 5.00. The van der Waals surface area contributed by atoms with Crippen LogP contribution < -0.4 is 5.32 Å². The highest BCUT2D eigenvalue weighted by Gasteiger charge is 2.19. The normalized spacial score (nSPS) is 13.7. The minimum atomic E-state index is -0.0711. The van der Waals surface area contributed by atoms with Crippen LogP contribution in [0.15, 0.2) is 27.1 Å². The summed E-state index contributed by atoms with van der Waals surface area (Å²) in [7, 11) is 3.77. The van der Waals surface area contributed by atoms with Crippen LogP contribution in [0, 0.1) is 0 Å². The van der Waals surface area contributed by atoms with Crippen LogP contribution in [0.4, 0.5) is 0 Å². The fraction of sp³-hybridized carbons (Fsp3) is 0.571. The van der Waals surface area contributed by atoms with Crippen molar-refractivity contribution in [2.45, 2.75) is 38.3 Å². The van der Waals surface area contributed by atoms with Gasteiger partial charge in [-0.25, -0.2) is 0 Å². The molecular weight excluding hydrogens is 358 g/mol. The van der Waals surface area contributed by atoms with Crippen molar-refractivity contribution in [3.8, 4) is 0 Å². The number of benzene rings is 1. The number of hydrogen-bond donors (Lipinski definition) is 1. The molecule has 102 valence electrons. The lowest BCUT2D eigenvalue weighted by atomic mass is 9.95. The highest BCUT2D eigenvalue weighted by atomic mass is 79.9. The van der Waals surface area contributed by atoms with Crippen LogP contribution >= 0.6 is 31.9 Å².